The number of nitrogens with one attached hydrogen (secondary N) is 1. The number of aromatic amines is 1. The Hall–Kier alpha value is -3.69. The van der Waals surface area contributed by atoms with E-state index in [0.717, 1.165) is 11.0 Å². The number of aromatic nitrogens is 4. The van der Waals surface area contributed by atoms with Gasteiger partial charge >= 0.3 is 16.9 Å². The topological polar surface area (TPSA) is 136 Å². The Morgan fingerprint density at radius 1 is 1.20 bits per heavy atom. The molecule has 0 radical (unpaired) electrons. The normalized spacial score (nSPS) is 11.4. The molecule has 0 unspecified atom stereocenters. The van der Waals surface area contributed by atoms with Crippen molar-refractivity contribution in [1.82, 2.24) is 19.1 Å². The lowest BCUT2D eigenvalue weighted by Crippen LogP contribution is -2.19. The van der Waals surface area contributed by atoms with Crippen molar-refractivity contribution in [3.8, 4) is 5.88 Å². The van der Waals surface area contributed by atoms with E-state index in [2.05, 4.69) is 9.97 Å². The van der Waals surface area contributed by atoms with Crippen LogP contribution in [-0.4, -0.2) is 29.1 Å². The average Bonchev–Trinajstić information content (AvgIpc) is 2.76. The van der Waals surface area contributed by atoms with Crippen LogP contribution in [-0.2, 0) is 14.1 Å². The minimum absolute atomic E-state index is 0.0323. The fourth-order valence-electron chi connectivity index (χ4n) is 2.52. The molecule has 2 aromatic heterocycles. The standard InChI is InChI=1S/C15H13N5O5/c1-18-9-5-3-8(7-10(9)19(2)15(18)23)4-6-11-16-13(21)12(20(24)25)14(22)17-11/h3-7H,1-2H3,(H2,16,17,21,22). The highest BCUT2D eigenvalue weighted by Crippen LogP contribution is 2.18. The molecule has 10 heteroatoms. The molecule has 2 N–H and O–H groups in total. The van der Waals surface area contributed by atoms with Crippen LogP contribution in [0.3, 0.4) is 0 Å². The number of imidazole rings is 1. The summed E-state index contributed by atoms with van der Waals surface area (Å²) < 4.78 is 3.03. The molecule has 0 aliphatic heterocycles. The second-order valence-electron chi connectivity index (χ2n) is 5.36. The summed E-state index contributed by atoms with van der Waals surface area (Å²) in [6.45, 7) is 0. The summed E-state index contributed by atoms with van der Waals surface area (Å²) in [5, 5.41) is 20.2. The number of nitrogens with zero attached hydrogens (tertiary/aromatic N) is 4. The summed E-state index contributed by atoms with van der Waals surface area (Å²) in [7, 11) is 3.33. The van der Waals surface area contributed by atoms with Gasteiger partial charge in [0, 0.05) is 14.1 Å². The van der Waals surface area contributed by atoms with Crippen LogP contribution in [0.15, 0.2) is 27.8 Å². The van der Waals surface area contributed by atoms with Gasteiger partial charge in [-0.25, -0.2) is 4.79 Å². The molecule has 0 saturated carbocycles. The van der Waals surface area contributed by atoms with E-state index in [1.807, 2.05) is 0 Å². The Kier molecular flexibility index (Phi) is 3.72. The number of hydrogen-bond donors (Lipinski definition) is 2. The SMILES string of the molecule is Cn1c(=O)n(C)c2cc(C=Cc3nc(O)c([N+](=O)[O-])c(=O)[nH]3)ccc21. The first-order chi connectivity index (χ1) is 11.8. The minimum Gasteiger partial charge on any atom is -0.488 e. The minimum atomic E-state index is -1.04. The molecule has 128 valence electrons. The molecule has 0 aliphatic rings. The van der Waals surface area contributed by atoms with Crippen LogP contribution < -0.4 is 11.2 Å². The Labute approximate surface area is 139 Å². The van der Waals surface area contributed by atoms with Gasteiger partial charge in [0.15, 0.2) is 0 Å². The van der Waals surface area contributed by atoms with Crippen LogP contribution >= 0.6 is 0 Å². The van der Waals surface area contributed by atoms with Gasteiger partial charge in [-0.2, -0.15) is 4.98 Å². The van der Waals surface area contributed by atoms with E-state index in [9.17, 15) is 24.8 Å². The van der Waals surface area contributed by atoms with Crippen molar-refractivity contribution in [3.05, 3.63) is 60.5 Å². The number of aromatic hydroxyl groups is 1. The van der Waals surface area contributed by atoms with Crippen molar-refractivity contribution in [3.63, 3.8) is 0 Å². The molecule has 2 heterocycles. The van der Waals surface area contributed by atoms with Gasteiger partial charge in [0.05, 0.1) is 16.0 Å². The summed E-state index contributed by atoms with van der Waals surface area (Å²) in [6.07, 6.45) is 2.99. The lowest BCUT2D eigenvalue weighted by molar-refractivity contribution is -0.387. The van der Waals surface area contributed by atoms with Crippen molar-refractivity contribution < 1.29 is 10.0 Å². The lowest BCUT2D eigenvalue weighted by atomic mass is 10.2. The highest BCUT2D eigenvalue weighted by atomic mass is 16.6. The van der Waals surface area contributed by atoms with Crippen LogP contribution in [0.25, 0.3) is 23.2 Å². The molecular formula is C15H13N5O5. The largest absolute Gasteiger partial charge is 0.488 e. The number of benzene rings is 1. The first kappa shape index (κ1) is 16.2. The van der Waals surface area contributed by atoms with Crippen LogP contribution in [0.5, 0.6) is 5.88 Å². The summed E-state index contributed by atoms with van der Waals surface area (Å²) in [5.41, 5.74) is 0.0133. The number of H-pyrrole nitrogens is 1. The van der Waals surface area contributed by atoms with E-state index in [-0.39, 0.29) is 11.5 Å². The van der Waals surface area contributed by atoms with Crippen molar-refractivity contribution in [2.45, 2.75) is 0 Å². The average molecular weight is 343 g/mol. The van der Waals surface area contributed by atoms with E-state index >= 15 is 0 Å². The maximum atomic E-state index is 11.9. The van der Waals surface area contributed by atoms with Crippen molar-refractivity contribution in [2.24, 2.45) is 14.1 Å². The molecule has 0 amide bonds. The molecule has 0 aliphatic carbocycles. The van der Waals surface area contributed by atoms with E-state index in [1.54, 1.807) is 38.4 Å². The van der Waals surface area contributed by atoms with E-state index in [4.69, 9.17) is 0 Å². The van der Waals surface area contributed by atoms with Gasteiger partial charge in [-0.15, -0.1) is 0 Å². The lowest BCUT2D eigenvalue weighted by Gasteiger charge is -1.99. The number of aryl methyl sites for hydroxylation is 2. The second kappa shape index (κ2) is 5.74. The van der Waals surface area contributed by atoms with Gasteiger partial charge in [-0.3, -0.25) is 24.0 Å². The van der Waals surface area contributed by atoms with Crippen molar-refractivity contribution in [2.75, 3.05) is 0 Å². The van der Waals surface area contributed by atoms with Gasteiger partial charge < -0.3 is 10.1 Å². The van der Waals surface area contributed by atoms with Crippen LogP contribution in [0.2, 0.25) is 0 Å². The summed E-state index contributed by atoms with van der Waals surface area (Å²) in [5.74, 6) is -0.982. The second-order valence-corrected chi connectivity index (χ2v) is 5.36. The molecule has 3 rings (SSSR count). The fourth-order valence-corrected chi connectivity index (χ4v) is 2.52. The fraction of sp³-hybridized carbons (Fsp3) is 0.133. The first-order valence-electron chi connectivity index (χ1n) is 7.11. The van der Waals surface area contributed by atoms with E-state index in [0.29, 0.717) is 5.56 Å². The van der Waals surface area contributed by atoms with Crippen LogP contribution in [0.1, 0.15) is 11.4 Å². The third kappa shape index (κ3) is 2.69. The maximum Gasteiger partial charge on any atom is 0.395 e. The predicted molar refractivity (Wildman–Crippen MR) is 90.3 cm³/mol. The highest BCUT2D eigenvalue weighted by Gasteiger charge is 2.21. The number of hydrogen-bond acceptors (Lipinski definition) is 6. The Morgan fingerprint density at radius 3 is 2.52 bits per heavy atom. The van der Waals surface area contributed by atoms with Gasteiger partial charge in [-0.1, -0.05) is 12.1 Å². The molecule has 10 nitrogen and oxygen atoms in total. The van der Waals surface area contributed by atoms with Crippen LogP contribution in [0, 0.1) is 10.1 Å². The zero-order chi connectivity index (χ0) is 18.3. The quantitative estimate of drug-likeness (QED) is 0.532. The molecule has 3 aromatic rings. The maximum absolute atomic E-state index is 11.9. The van der Waals surface area contributed by atoms with E-state index in [1.165, 1.54) is 15.2 Å². The molecule has 0 saturated heterocycles. The molecule has 0 fully saturated rings. The summed E-state index contributed by atoms with van der Waals surface area (Å²) in [4.78, 5) is 39.0. The highest BCUT2D eigenvalue weighted by molar-refractivity contribution is 5.81. The molecular weight excluding hydrogens is 330 g/mol. The molecule has 0 spiro atoms. The Bertz CT molecular complexity index is 1150. The third-order valence-corrected chi connectivity index (χ3v) is 3.81. The molecule has 25 heavy (non-hydrogen) atoms. The Morgan fingerprint density at radius 2 is 1.88 bits per heavy atom. The van der Waals surface area contributed by atoms with Gasteiger partial charge in [0.25, 0.3) is 5.88 Å². The summed E-state index contributed by atoms with van der Waals surface area (Å²) in [6, 6.07) is 5.32. The number of nitro groups is 1. The number of fused-ring (bicyclic) bond motifs is 1. The number of rotatable bonds is 3. The third-order valence-electron chi connectivity index (χ3n) is 3.81. The summed E-state index contributed by atoms with van der Waals surface area (Å²) >= 11 is 0. The van der Waals surface area contributed by atoms with Crippen molar-refractivity contribution in [1.29, 1.82) is 0 Å². The zero-order valence-electron chi connectivity index (χ0n) is 13.3. The van der Waals surface area contributed by atoms with Crippen molar-refractivity contribution >= 4 is 28.9 Å². The Balaban J connectivity index is 2.01. The zero-order valence-corrected chi connectivity index (χ0v) is 13.3. The smallest absolute Gasteiger partial charge is 0.395 e. The first-order valence-corrected chi connectivity index (χ1v) is 7.11. The van der Waals surface area contributed by atoms with Gasteiger partial charge in [-0.05, 0) is 23.8 Å². The monoisotopic (exact) mass is 343 g/mol. The van der Waals surface area contributed by atoms with Crippen LogP contribution in [0.4, 0.5) is 5.69 Å². The molecule has 0 bridgehead atoms. The van der Waals surface area contributed by atoms with Gasteiger partial charge in [0.1, 0.15) is 5.82 Å². The predicted octanol–water partition coefficient (Wildman–Crippen LogP) is 0.744. The molecule has 0 atom stereocenters. The van der Waals surface area contributed by atoms with Gasteiger partial charge in [0.2, 0.25) is 0 Å². The molecule has 1 aromatic carbocycles. The van der Waals surface area contributed by atoms with E-state index < -0.39 is 22.0 Å².